The lowest BCUT2D eigenvalue weighted by Crippen LogP contribution is -2.56. The Kier molecular flexibility index (Phi) is 4.43. The number of aromatic nitrogens is 5. The van der Waals surface area contributed by atoms with Crippen molar-refractivity contribution in [1.82, 2.24) is 24.5 Å². The molecule has 4 aromatic rings. The molecular weight excluding hydrogens is 445 g/mol. The summed E-state index contributed by atoms with van der Waals surface area (Å²) in [5, 5.41) is 0. The van der Waals surface area contributed by atoms with Gasteiger partial charge in [0.05, 0.1) is 29.3 Å². The third-order valence-corrected chi connectivity index (χ3v) is 6.89. The minimum Gasteiger partial charge on any atom is -0.345 e. The number of fused-ring (bicyclic) bond motifs is 1. The van der Waals surface area contributed by atoms with Crippen LogP contribution in [0.15, 0.2) is 49.3 Å². The van der Waals surface area contributed by atoms with Crippen LogP contribution in [0.1, 0.15) is 35.7 Å². The Morgan fingerprint density at radius 1 is 1.18 bits per heavy atom. The third-order valence-electron chi connectivity index (χ3n) is 6.60. The minimum absolute atomic E-state index is 0.0677. The number of β-lactam (4-membered cyclic amide) rings is 1. The minimum atomic E-state index is -3.10. The van der Waals surface area contributed by atoms with E-state index < -0.39 is 5.66 Å². The van der Waals surface area contributed by atoms with Crippen LogP contribution in [0, 0.1) is 18.8 Å². The Labute approximate surface area is 190 Å². The Morgan fingerprint density at radius 2 is 2.00 bits per heavy atom. The van der Waals surface area contributed by atoms with E-state index in [0.29, 0.717) is 11.7 Å². The summed E-state index contributed by atoms with van der Waals surface area (Å²) in [7, 11) is 1.49. The molecule has 1 saturated carbocycles. The van der Waals surface area contributed by atoms with Gasteiger partial charge in [0.1, 0.15) is 17.8 Å². The van der Waals surface area contributed by atoms with Crippen LogP contribution in [-0.4, -0.2) is 30.4 Å². The van der Waals surface area contributed by atoms with Gasteiger partial charge in [-0.15, -0.1) is 0 Å². The smallest absolute Gasteiger partial charge is 0.301 e. The molecule has 0 bridgehead atoms. The quantitative estimate of drug-likeness (QED) is 0.347. The van der Waals surface area contributed by atoms with Crippen molar-refractivity contribution in [3.63, 3.8) is 0 Å². The summed E-state index contributed by atoms with van der Waals surface area (Å²) >= 11 is 0. The van der Waals surface area contributed by atoms with E-state index in [-0.39, 0.29) is 23.6 Å². The number of aromatic amines is 1. The Balaban J connectivity index is 1.37. The SMILES string of the molecule is Cc1cc(-n2cnc(C(F)(F)P)c2)ncc1[C@H]1C(C2CC2)C(=O)N1c1ccc2[nH]cnc2c1. The molecule has 3 aromatic heterocycles. The van der Waals surface area contributed by atoms with Crippen molar-refractivity contribution < 1.29 is 13.6 Å². The van der Waals surface area contributed by atoms with Crippen LogP contribution in [0.3, 0.4) is 0 Å². The van der Waals surface area contributed by atoms with E-state index in [9.17, 15) is 13.6 Å². The highest BCUT2D eigenvalue weighted by Gasteiger charge is 2.55. The zero-order chi connectivity index (χ0) is 22.9. The van der Waals surface area contributed by atoms with Gasteiger partial charge in [-0.3, -0.25) is 9.36 Å². The number of carbonyl (C=O) groups is 1. The molecule has 1 N–H and O–H groups in total. The maximum absolute atomic E-state index is 13.6. The van der Waals surface area contributed by atoms with Gasteiger partial charge in [-0.05, 0) is 61.1 Å². The molecule has 2 unspecified atom stereocenters. The molecule has 1 saturated heterocycles. The predicted molar refractivity (Wildman–Crippen MR) is 122 cm³/mol. The number of alkyl halides is 2. The summed E-state index contributed by atoms with van der Waals surface area (Å²) in [6, 6.07) is 7.52. The molecule has 1 amide bonds. The first-order valence-corrected chi connectivity index (χ1v) is 11.3. The van der Waals surface area contributed by atoms with Gasteiger partial charge < -0.3 is 9.88 Å². The van der Waals surface area contributed by atoms with E-state index in [1.54, 1.807) is 12.5 Å². The number of benzene rings is 1. The van der Waals surface area contributed by atoms with Crippen molar-refractivity contribution in [2.24, 2.45) is 11.8 Å². The van der Waals surface area contributed by atoms with Crippen molar-refractivity contribution in [3.05, 3.63) is 66.1 Å². The molecule has 7 nitrogen and oxygen atoms in total. The lowest BCUT2D eigenvalue weighted by atomic mass is 9.78. The van der Waals surface area contributed by atoms with Crippen LogP contribution in [-0.2, 0) is 10.5 Å². The van der Waals surface area contributed by atoms with Crippen molar-refractivity contribution in [1.29, 1.82) is 0 Å². The average Bonchev–Trinajstić information content (AvgIpc) is 3.25. The van der Waals surface area contributed by atoms with E-state index in [1.807, 2.05) is 36.1 Å². The zero-order valence-electron chi connectivity index (χ0n) is 17.7. The first-order chi connectivity index (χ1) is 15.8. The number of amides is 1. The van der Waals surface area contributed by atoms with Crippen molar-refractivity contribution in [3.8, 4) is 5.82 Å². The number of pyridine rings is 1. The van der Waals surface area contributed by atoms with Gasteiger partial charge in [-0.2, -0.15) is 8.78 Å². The Morgan fingerprint density at radius 3 is 2.70 bits per heavy atom. The molecule has 33 heavy (non-hydrogen) atoms. The second-order valence-electron chi connectivity index (χ2n) is 8.81. The van der Waals surface area contributed by atoms with E-state index >= 15 is 0 Å². The second kappa shape index (κ2) is 7.15. The van der Waals surface area contributed by atoms with E-state index in [0.717, 1.165) is 40.7 Å². The van der Waals surface area contributed by atoms with Gasteiger partial charge in [0.15, 0.2) is 0 Å². The summed E-state index contributed by atoms with van der Waals surface area (Å²) in [5.74, 6) is 0.958. The molecule has 4 heterocycles. The normalized spacial score (nSPS) is 21.0. The molecule has 2 fully saturated rings. The number of carbonyl (C=O) groups excluding carboxylic acids is 1. The fourth-order valence-electron chi connectivity index (χ4n) is 4.74. The van der Waals surface area contributed by atoms with Crippen molar-refractivity contribution in [2.75, 3.05) is 4.90 Å². The molecule has 1 aliphatic carbocycles. The molecule has 10 heteroatoms. The van der Waals surface area contributed by atoms with Crippen molar-refractivity contribution in [2.45, 2.75) is 31.5 Å². The van der Waals surface area contributed by atoms with Crippen LogP contribution in [0.5, 0.6) is 0 Å². The topological polar surface area (TPSA) is 79.7 Å². The van der Waals surface area contributed by atoms with Gasteiger partial charge in [0, 0.05) is 18.1 Å². The van der Waals surface area contributed by atoms with Crippen LogP contribution < -0.4 is 4.90 Å². The number of rotatable bonds is 5. The Hall–Kier alpha value is -3.19. The highest BCUT2D eigenvalue weighted by atomic mass is 31.0. The monoisotopic (exact) mass is 466 g/mol. The number of aryl methyl sites for hydroxylation is 1. The molecule has 6 rings (SSSR count). The fourth-order valence-corrected chi connectivity index (χ4v) is 4.89. The van der Waals surface area contributed by atoms with E-state index in [2.05, 4.69) is 19.9 Å². The number of H-pyrrole nitrogens is 1. The van der Waals surface area contributed by atoms with E-state index in [1.165, 1.54) is 26.3 Å². The Bertz CT molecular complexity index is 1390. The number of imidazole rings is 2. The number of hydrogen-bond donors (Lipinski definition) is 1. The largest absolute Gasteiger partial charge is 0.345 e. The lowest BCUT2D eigenvalue weighted by Gasteiger charge is -2.48. The molecule has 1 aromatic carbocycles. The van der Waals surface area contributed by atoms with Gasteiger partial charge in [-0.25, -0.2) is 15.0 Å². The highest BCUT2D eigenvalue weighted by Crippen LogP contribution is 2.54. The van der Waals surface area contributed by atoms with Crippen LogP contribution >= 0.6 is 9.24 Å². The summed E-state index contributed by atoms with van der Waals surface area (Å²) in [5.41, 5.74) is 1.01. The van der Waals surface area contributed by atoms with Gasteiger partial charge in [0.2, 0.25) is 5.91 Å². The molecule has 0 spiro atoms. The fraction of sp³-hybridized carbons (Fsp3) is 0.304. The number of nitrogens with zero attached hydrogens (tertiary/aromatic N) is 5. The maximum atomic E-state index is 13.6. The second-order valence-corrected chi connectivity index (χ2v) is 9.53. The van der Waals surface area contributed by atoms with Gasteiger partial charge in [0.25, 0.3) is 0 Å². The van der Waals surface area contributed by atoms with Gasteiger partial charge in [-0.1, -0.05) is 9.24 Å². The summed E-state index contributed by atoms with van der Waals surface area (Å²) in [4.78, 5) is 30.8. The van der Waals surface area contributed by atoms with Crippen LogP contribution in [0.25, 0.3) is 16.9 Å². The number of hydrogen-bond acceptors (Lipinski definition) is 4. The number of nitrogens with one attached hydrogen (secondary N) is 1. The molecule has 1 aliphatic heterocycles. The van der Waals surface area contributed by atoms with Crippen LogP contribution in [0.2, 0.25) is 0 Å². The molecule has 0 radical (unpaired) electrons. The number of halogens is 2. The molecule has 168 valence electrons. The standard InChI is InChI=1S/C23H21F2N6OP/c1-12-6-19(30-9-18(29-11-30)23(24,25)33)26-8-15(12)21-20(13-2-3-13)22(32)31(21)14-4-5-16-17(7-14)28-10-27-16/h4-11,13,20-21H,2-3,33H2,1H3,(H,27,28)/t20?,21-/m0/s1. The summed E-state index contributed by atoms with van der Waals surface area (Å²) < 4.78 is 28.6. The highest BCUT2D eigenvalue weighted by molar-refractivity contribution is 7.17. The first-order valence-electron chi connectivity index (χ1n) is 10.8. The summed E-state index contributed by atoms with van der Waals surface area (Å²) in [6.07, 6.45) is 8.13. The molecule has 2 aliphatic rings. The summed E-state index contributed by atoms with van der Waals surface area (Å²) in [6.45, 7) is 1.96. The van der Waals surface area contributed by atoms with Crippen LogP contribution in [0.4, 0.5) is 14.5 Å². The third kappa shape index (κ3) is 3.33. The first kappa shape index (κ1) is 20.4. The number of anilines is 1. The average molecular weight is 466 g/mol. The molecular formula is C23H21F2N6OP. The molecule has 3 atom stereocenters. The predicted octanol–water partition coefficient (Wildman–Crippen LogP) is 4.49. The van der Waals surface area contributed by atoms with E-state index in [4.69, 9.17) is 0 Å². The maximum Gasteiger partial charge on any atom is 0.301 e. The van der Waals surface area contributed by atoms with Crippen molar-refractivity contribution >= 4 is 31.9 Å². The van der Waals surface area contributed by atoms with Gasteiger partial charge >= 0.3 is 5.66 Å². The zero-order valence-corrected chi connectivity index (χ0v) is 18.9. The lowest BCUT2D eigenvalue weighted by molar-refractivity contribution is -0.131.